The van der Waals surface area contributed by atoms with Crippen molar-refractivity contribution in [3.63, 3.8) is 0 Å². The maximum atomic E-state index is 9.10. The minimum absolute atomic E-state index is 0.128. The molecule has 15 heavy (non-hydrogen) atoms. The summed E-state index contributed by atoms with van der Waals surface area (Å²) in [6.45, 7) is 4.86. The lowest BCUT2D eigenvalue weighted by Gasteiger charge is -2.22. The van der Waals surface area contributed by atoms with E-state index in [1.165, 1.54) is 0 Å². The lowest BCUT2D eigenvalue weighted by Crippen LogP contribution is -2.27. The van der Waals surface area contributed by atoms with Crippen LogP contribution in [0, 0.1) is 5.41 Å². The number of aliphatic hydroxyl groups excluding tert-OH is 1. The number of nitrogens with one attached hydrogen (secondary N) is 2. The second kappa shape index (κ2) is 4.98. The Morgan fingerprint density at radius 2 is 2.00 bits per heavy atom. The van der Waals surface area contributed by atoms with Crippen molar-refractivity contribution in [3.8, 4) is 0 Å². The van der Waals surface area contributed by atoms with Gasteiger partial charge in [-0.15, -0.1) is 0 Å². The SMILES string of the molecule is CNc1cccc(NCC(C)(C)CO)n1. The summed E-state index contributed by atoms with van der Waals surface area (Å²) in [5, 5.41) is 15.3. The Balaban J connectivity index is 2.57. The molecule has 4 nitrogen and oxygen atoms in total. The molecule has 0 aliphatic carbocycles. The normalized spacial score (nSPS) is 11.2. The predicted molar refractivity (Wildman–Crippen MR) is 63.1 cm³/mol. The fourth-order valence-electron chi connectivity index (χ4n) is 1.06. The Bertz CT molecular complexity index is 312. The first-order chi connectivity index (χ1) is 7.07. The van der Waals surface area contributed by atoms with Gasteiger partial charge in [0.05, 0.1) is 0 Å². The summed E-state index contributed by atoms with van der Waals surface area (Å²) >= 11 is 0. The highest BCUT2D eigenvalue weighted by atomic mass is 16.3. The molecule has 84 valence electrons. The Labute approximate surface area is 90.7 Å². The van der Waals surface area contributed by atoms with Crippen LogP contribution < -0.4 is 10.6 Å². The van der Waals surface area contributed by atoms with Gasteiger partial charge in [-0.2, -0.15) is 0 Å². The number of pyridine rings is 1. The third kappa shape index (κ3) is 3.75. The monoisotopic (exact) mass is 209 g/mol. The van der Waals surface area contributed by atoms with E-state index in [1.54, 1.807) is 0 Å². The number of nitrogens with zero attached hydrogens (tertiary/aromatic N) is 1. The molecule has 0 aliphatic heterocycles. The van der Waals surface area contributed by atoms with Gasteiger partial charge in [-0.05, 0) is 12.1 Å². The molecule has 3 N–H and O–H groups in total. The van der Waals surface area contributed by atoms with Gasteiger partial charge in [0.25, 0.3) is 0 Å². The number of hydrogen-bond acceptors (Lipinski definition) is 4. The number of aliphatic hydroxyl groups is 1. The van der Waals surface area contributed by atoms with E-state index in [-0.39, 0.29) is 12.0 Å². The van der Waals surface area contributed by atoms with Crippen LogP contribution in [-0.4, -0.2) is 30.3 Å². The van der Waals surface area contributed by atoms with Crippen LogP contribution >= 0.6 is 0 Å². The molecule has 1 rings (SSSR count). The van der Waals surface area contributed by atoms with Gasteiger partial charge in [-0.3, -0.25) is 0 Å². The summed E-state index contributed by atoms with van der Waals surface area (Å²) in [4.78, 5) is 4.32. The molecule has 0 fully saturated rings. The Morgan fingerprint density at radius 1 is 1.33 bits per heavy atom. The van der Waals surface area contributed by atoms with Crippen molar-refractivity contribution in [2.45, 2.75) is 13.8 Å². The summed E-state index contributed by atoms with van der Waals surface area (Å²) < 4.78 is 0. The highest BCUT2D eigenvalue weighted by Gasteiger charge is 2.15. The van der Waals surface area contributed by atoms with Crippen LogP contribution in [0.25, 0.3) is 0 Å². The molecular formula is C11H19N3O. The van der Waals surface area contributed by atoms with Gasteiger partial charge in [-0.1, -0.05) is 19.9 Å². The van der Waals surface area contributed by atoms with Crippen molar-refractivity contribution in [2.75, 3.05) is 30.8 Å². The van der Waals surface area contributed by atoms with Crippen LogP contribution in [0.4, 0.5) is 11.6 Å². The van der Waals surface area contributed by atoms with Crippen LogP contribution in [0.1, 0.15) is 13.8 Å². The lowest BCUT2D eigenvalue weighted by atomic mass is 9.95. The lowest BCUT2D eigenvalue weighted by molar-refractivity contribution is 0.170. The Morgan fingerprint density at radius 3 is 2.60 bits per heavy atom. The van der Waals surface area contributed by atoms with Gasteiger partial charge in [0.2, 0.25) is 0 Å². The first kappa shape index (κ1) is 11.8. The maximum Gasteiger partial charge on any atom is 0.128 e. The van der Waals surface area contributed by atoms with Gasteiger partial charge >= 0.3 is 0 Å². The molecule has 1 aromatic rings. The molecule has 1 aromatic heterocycles. The van der Waals surface area contributed by atoms with Gasteiger partial charge in [0, 0.05) is 25.6 Å². The number of hydrogen-bond donors (Lipinski definition) is 3. The molecule has 0 aliphatic rings. The molecule has 0 aromatic carbocycles. The van der Waals surface area contributed by atoms with E-state index in [9.17, 15) is 0 Å². The van der Waals surface area contributed by atoms with E-state index in [0.29, 0.717) is 6.54 Å². The molecule has 4 heteroatoms. The number of aromatic nitrogens is 1. The van der Waals surface area contributed by atoms with Crippen LogP contribution in [0.2, 0.25) is 0 Å². The minimum Gasteiger partial charge on any atom is -0.396 e. The summed E-state index contributed by atoms with van der Waals surface area (Å²) in [6, 6.07) is 5.75. The van der Waals surface area contributed by atoms with E-state index < -0.39 is 0 Å². The highest BCUT2D eigenvalue weighted by Crippen LogP contribution is 2.15. The smallest absolute Gasteiger partial charge is 0.128 e. The largest absolute Gasteiger partial charge is 0.396 e. The van der Waals surface area contributed by atoms with Crippen molar-refractivity contribution in [2.24, 2.45) is 5.41 Å². The topological polar surface area (TPSA) is 57.2 Å². The molecule has 0 atom stereocenters. The van der Waals surface area contributed by atoms with E-state index in [1.807, 2.05) is 39.1 Å². The molecule has 0 bridgehead atoms. The van der Waals surface area contributed by atoms with Gasteiger partial charge < -0.3 is 15.7 Å². The Kier molecular flexibility index (Phi) is 3.91. The molecule has 0 saturated heterocycles. The summed E-state index contributed by atoms with van der Waals surface area (Å²) in [7, 11) is 1.84. The molecule has 0 amide bonds. The number of rotatable bonds is 5. The van der Waals surface area contributed by atoms with Gasteiger partial charge in [0.1, 0.15) is 11.6 Å². The standard InChI is InChI=1S/C11H19N3O/c1-11(2,8-15)7-13-10-6-4-5-9(12-3)14-10/h4-6,15H,7-8H2,1-3H3,(H2,12,13,14). The van der Waals surface area contributed by atoms with E-state index >= 15 is 0 Å². The molecule has 0 spiro atoms. The van der Waals surface area contributed by atoms with E-state index in [2.05, 4.69) is 15.6 Å². The van der Waals surface area contributed by atoms with Crippen molar-refractivity contribution in [1.82, 2.24) is 4.98 Å². The zero-order valence-corrected chi connectivity index (χ0v) is 9.54. The summed E-state index contributed by atoms with van der Waals surface area (Å²) in [5.41, 5.74) is -0.128. The molecule has 0 saturated carbocycles. The fourth-order valence-corrected chi connectivity index (χ4v) is 1.06. The molecular weight excluding hydrogens is 190 g/mol. The average molecular weight is 209 g/mol. The fraction of sp³-hybridized carbons (Fsp3) is 0.545. The third-order valence-corrected chi connectivity index (χ3v) is 2.18. The van der Waals surface area contributed by atoms with Crippen molar-refractivity contribution >= 4 is 11.6 Å². The van der Waals surface area contributed by atoms with Crippen LogP contribution in [0.15, 0.2) is 18.2 Å². The van der Waals surface area contributed by atoms with Crippen LogP contribution in [-0.2, 0) is 0 Å². The predicted octanol–water partition coefficient (Wildman–Crippen LogP) is 1.55. The second-order valence-corrected chi connectivity index (χ2v) is 4.33. The van der Waals surface area contributed by atoms with Crippen molar-refractivity contribution in [3.05, 3.63) is 18.2 Å². The second-order valence-electron chi connectivity index (χ2n) is 4.33. The molecule has 0 unspecified atom stereocenters. The quantitative estimate of drug-likeness (QED) is 0.688. The van der Waals surface area contributed by atoms with Crippen LogP contribution in [0.5, 0.6) is 0 Å². The first-order valence-electron chi connectivity index (χ1n) is 5.07. The highest BCUT2D eigenvalue weighted by molar-refractivity contribution is 5.44. The average Bonchev–Trinajstić information content (AvgIpc) is 2.27. The van der Waals surface area contributed by atoms with E-state index in [4.69, 9.17) is 5.11 Å². The maximum absolute atomic E-state index is 9.10. The molecule has 1 heterocycles. The summed E-state index contributed by atoms with van der Waals surface area (Å²) in [5.74, 6) is 1.66. The zero-order chi connectivity index (χ0) is 11.3. The third-order valence-electron chi connectivity index (χ3n) is 2.18. The van der Waals surface area contributed by atoms with Crippen molar-refractivity contribution in [1.29, 1.82) is 0 Å². The van der Waals surface area contributed by atoms with Gasteiger partial charge in [-0.25, -0.2) is 4.98 Å². The summed E-state index contributed by atoms with van der Waals surface area (Å²) in [6.07, 6.45) is 0. The van der Waals surface area contributed by atoms with Gasteiger partial charge in [0.15, 0.2) is 0 Å². The Hall–Kier alpha value is -1.29. The van der Waals surface area contributed by atoms with E-state index in [0.717, 1.165) is 11.6 Å². The van der Waals surface area contributed by atoms with Crippen molar-refractivity contribution < 1.29 is 5.11 Å². The zero-order valence-electron chi connectivity index (χ0n) is 9.54. The van der Waals surface area contributed by atoms with Crippen LogP contribution in [0.3, 0.4) is 0 Å². The first-order valence-corrected chi connectivity index (χ1v) is 5.07. The minimum atomic E-state index is -0.128. The molecule has 0 radical (unpaired) electrons. The number of anilines is 2.